The first kappa shape index (κ1) is 19.0. The first-order chi connectivity index (χ1) is 12.9. The Bertz CT molecular complexity index is 951. The normalized spacial score (nSPS) is 12.2. The molecule has 0 unspecified atom stereocenters. The molecular formula is C18H19ClFN5O2. The molecule has 142 valence electrons. The first-order valence-electron chi connectivity index (χ1n) is 8.46. The van der Waals surface area contributed by atoms with Crippen molar-refractivity contribution in [3.05, 3.63) is 52.4 Å². The molecule has 2 heterocycles. The van der Waals surface area contributed by atoms with E-state index in [1.54, 1.807) is 0 Å². The number of halogens is 2. The van der Waals surface area contributed by atoms with Crippen molar-refractivity contribution in [3.63, 3.8) is 0 Å². The lowest BCUT2D eigenvalue weighted by molar-refractivity contribution is 0.0907. The average molecular weight is 392 g/mol. The molecule has 3 rings (SSSR count). The molecule has 2 aromatic heterocycles. The van der Waals surface area contributed by atoms with Gasteiger partial charge in [0.1, 0.15) is 5.82 Å². The zero-order valence-corrected chi connectivity index (χ0v) is 15.9. The van der Waals surface area contributed by atoms with Gasteiger partial charge in [-0.1, -0.05) is 16.8 Å². The Morgan fingerprint density at radius 2 is 2.04 bits per heavy atom. The smallest absolute Gasteiger partial charge is 0.316 e. The number of hydrogen-bond donors (Lipinski definition) is 1. The van der Waals surface area contributed by atoms with Gasteiger partial charge in [-0.15, -0.1) is 0 Å². The van der Waals surface area contributed by atoms with Gasteiger partial charge in [0.05, 0.1) is 22.5 Å². The minimum Gasteiger partial charge on any atom is -0.348 e. The van der Waals surface area contributed by atoms with Crippen LogP contribution in [0.25, 0.3) is 11.4 Å². The highest BCUT2D eigenvalue weighted by molar-refractivity contribution is 6.31. The minimum atomic E-state index is -0.463. The molecule has 0 aliphatic rings. The molecule has 0 bridgehead atoms. The molecule has 0 saturated heterocycles. The molecule has 9 heteroatoms. The Morgan fingerprint density at radius 1 is 1.33 bits per heavy atom. The number of aromatic nitrogens is 4. The highest BCUT2D eigenvalue weighted by Gasteiger charge is 2.18. The SMILES string of the molecule is Cc1nn([C@H](C)CCNC(=O)c2nc(-c3ccc(F)cc3)no2)c(C)c1Cl. The molecule has 1 aromatic carbocycles. The van der Waals surface area contributed by atoms with Gasteiger partial charge in [0.15, 0.2) is 0 Å². The molecule has 0 saturated carbocycles. The van der Waals surface area contributed by atoms with Gasteiger partial charge in [-0.05, 0) is 51.5 Å². The van der Waals surface area contributed by atoms with E-state index < -0.39 is 5.91 Å². The van der Waals surface area contributed by atoms with E-state index in [9.17, 15) is 9.18 Å². The van der Waals surface area contributed by atoms with Gasteiger partial charge in [-0.3, -0.25) is 9.48 Å². The fourth-order valence-corrected chi connectivity index (χ4v) is 2.82. The first-order valence-corrected chi connectivity index (χ1v) is 8.83. The van der Waals surface area contributed by atoms with E-state index in [0.29, 0.717) is 23.6 Å². The summed E-state index contributed by atoms with van der Waals surface area (Å²) < 4.78 is 19.8. The van der Waals surface area contributed by atoms with Crippen molar-refractivity contribution in [2.24, 2.45) is 0 Å². The molecule has 1 amide bonds. The van der Waals surface area contributed by atoms with Gasteiger partial charge in [0, 0.05) is 12.1 Å². The summed E-state index contributed by atoms with van der Waals surface area (Å²) in [5, 5.41) is 11.6. The average Bonchev–Trinajstić information content (AvgIpc) is 3.23. The van der Waals surface area contributed by atoms with Crippen molar-refractivity contribution < 1.29 is 13.7 Å². The predicted octanol–water partition coefficient (Wildman–Crippen LogP) is 3.72. The van der Waals surface area contributed by atoms with Crippen molar-refractivity contribution in [1.29, 1.82) is 0 Å². The van der Waals surface area contributed by atoms with E-state index in [-0.39, 0.29) is 23.6 Å². The molecule has 1 N–H and O–H groups in total. The summed E-state index contributed by atoms with van der Waals surface area (Å²) in [7, 11) is 0. The highest BCUT2D eigenvalue weighted by Crippen LogP contribution is 2.23. The van der Waals surface area contributed by atoms with E-state index >= 15 is 0 Å². The quantitative estimate of drug-likeness (QED) is 0.692. The summed E-state index contributed by atoms with van der Waals surface area (Å²) in [5.74, 6) is -0.741. The van der Waals surface area contributed by atoms with Crippen LogP contribution in [0, 0.1) is 19.7 Å². The number of benzene rings is 1. The minimum absolute atomic E-state index is 0.0639. The van der Waals surface area contributed by atoms with Gasteiger partial charge in [-0.25, -0.2) is 4.39 Å². The molecular weight excluding hydrogens is 373 g/mol. The Morgan fingerprint density at radius 3 is 2.67 bits per heavy atom. The maximum atomic E-state index is 13.0. The van der Waals surface area contributed by atoms with Crippen molar-refractivity contribution in [1.82, 2.24) is 25.2 Å². The van der Waals surface area contributed by atoms with Crippen LogP contribution in [-0.4, -0.2) is 32.4 Å². The third kappa shape index (κ3) is 4.16. The monoisotopic (exact) mass is 391 g/mol. The van der Waals surface area contributed by atoms with Gasteiger partial charge < -0.3 is 9.84 Å². The van der Waals surface area contributed by atoms with Crippen LogP contribution in [0.5, 0.6) is 0 Å². The molecule has 3 aromatic rings. The van der Waals surface area contributed by atoms with Crippen LogP contribution in [0.3, 0.4) is 0 Å². The molecule has 0 aliphatic heterocycles. The number of amides is 1. The molecule has 1 atom stereocenters. The molecule has 27 heavy (non-hydrogen) atoms. The number of carbonyl (C=O) groups excluding carboxylic acids is 1. The van der Waals surface area contributed by atoms with Crippen LogP contribution < -0.4 is 5.32 Å². The van der Waals surface area contributed by atoms with Crippen molar-refractivity contribution in [2.45, 2.75) is 33.2 Å². The largest absolute Gasteiger partial charge is 0.348 e. The third-order valence-electron chi connectivity index (χ3n) is 4.22. The lowest BCUT2D eigenvalue weighted by atomic mass is 10.2. The predicted molar refractivity (Wildman–Crippen MR) is 98.1 cm³/mol. The van der Waals surface area contributed by atoms with Crippen LogP contribution in [-0.2, 0) is 0 Å². The second-order valence-electron chi connectivity index (χ2n) is 6.25. The topological polar surface area (TPSA) is 85.8 Å². The Kier molecular flexibility index (Phi) is 5.55. The summed E-state index contributed by atoms with van der Waals surface area (Å²) in [6, 6.07) is 5.68. The van der Waals surface area contributed by atoms with Crippen LogP contribution in [0.2, 0.25) is 5.02 Å². The second-order valence-corrected chi connectivity index (χ2v) is 6.63. The number of nitrogens with one attached hydrogen (secondary N) is 1. The number of hydrogen-bond acceptors (Lipinski definition) is 5. The van der Waals surface area contributed by atoms with Crippen LogP contribution in [0.15, 0.2) is 28.8 Å². The fourth-order valence-electron chi connectivity index (χ4n) is 2.70. The van der Waals surface area contributed by atoms with E-state index in [1.807, 2.05) is 25.5 Å². The molecule has 0 spiro atoms. The summed E-state index contributed by atoms with van der Waals surface area (Å²) >= 11 is 6.17. The molecule has 7 nitrogen and oxygen atoms in total. The lowest BCUT2D eigenvalue weighted by Crippen LogP contribution is -2.26. The number of nitrogens with zero attached hydrogens (tertiary/aromatic N) is 4. The summed E-state index contributed by atoms with van der Waals surface area (Å²) in [6.07, 6.45) is 0.656. The highest BCUT2D eigenvalue weighted by atomic mass is 35.5. The summed E-state index contributed by atoms with van der Waals surface area (Å²) in [4.78, 5) is 16.2. The van der Waals surface area contributed by atoms with Crippen molar-refractivity contribution in [2.75, 3.05) is 6.54 Å². The van der Waals surface area contributed by atoms with E-state index in [0.717, 1.165) is 11.4 Å². The number of carbonyl (C=O) groups is 1. The maximum absolute atomic E-state index is 13.0. The van der Waals surface area contributed by atoms with E-state index in [2.05, 4.69) is 20.6 Å². The van der Waals surface area contributed by atoms with Gasteiger partial charge >= 0.3 is 11.8 Å². The summed E-state index contributed by atoms with van der Waals surface area (Å²) in [5.41, 5.74) is 2.24. The lowest BCUT2D eigenvalue weighted by Gasteiger charge is -2.14. The molecule has 0 fully saturated rings. The van der Waals surface area contributed by atoms with Gasteiger partial charge in [0.25, 0.3) is 0 Å². The Hall–Kier alpha value is -2.74. The van der Waals surface area contributed by atoms with Crippen LogP contribution >= 0.6 is 11.6 Å². The Labute approximate surface area is 160 Å². The van der Waals surface area contributed by atoms with Gasteiger partial charge in [-0.2, -0.15) is 10.1 Å². The van der Waals surface area contributed by atoms with Gasteiger partial charge in [0.2, 0.25) is 5.82 Å². The molecule has 0 aliphatic carbocycles. The fraction of sp³-hybridized carbons (Fsp3) is 0.333. The van der Waals surface area contributed by atoms with Crippen molar-refractivity contribution >= 4 is 17.5 Å². The number of aryl methyl sites for hydroxylation is 1. The van der Waals surface area contributed by atoms with E-state index in [4.69, 9.17) is 16.1 Å². The zero-order chi connectivity index (χ0) is 19.6. The van der Waals surface area contributed by atoms with Crippen LogP contribution in [0.4, 0.5) is 4.39 Å². The number of rotatable bonds is 6. The third-order valence-corrected chi connectivity index (χ3v) is 4.77. The second kappa shape index (κ2) is 7.87. The van der Waals surface area contributed by atoms with Crippen molar-refractivity contribution in [3.8, 4) is 11.4 Å². The van der Waals surface area contributed by atoms with Crippen LogP contribution in [0.1, 0.15) is 41.5 Å². The Balaban J connectivity index is 1.56. The maximum Gasteiger partial charge on any atom is 0.316 e. The summed E-state index contributed by atoms with van der Waals surface area (Å²) in [6.45, 7) is 6.17. The van der Waals surface area contributed by atoms with E-state index in [1.165, 1.54) is 24.3 Å². The zero-order valence-electron chi connectivity index (χ0n) is 15.2. The molecule has 0 radical (unpaired) electrons. The standard InChI is InChI=1S/C18H19ClFN5O2/c1-10(25-12(3)15(19)11(2)23-25)8-9-21-17(26)18-22-16(24-27-18)13-4-6-14(20)7-5-13/h4-7,10H,8-9H2,1-3H3,(H,21,26)/t10-/m1/s1.